The first-order chi connectivity index (χ1) is 12.5. The molecular formula is C8F17O4S-. The fraction of sp³-hybridized carbons (Fsp3) is 1.00. The van der Waals surface area contributed by atoms with E-state index in [1.54, 1.807) is 0 Å². The largest absolute Gasteiger partial charge is 0.725 e. The third-order valence-corrected chi connectivity index (χ3v) is 3.31. The van der Waals surface area contributed by atoms with Gasteiger partial charge in [0.15, 0.2) is 0 Å². The Bertz CT molecular complexity index is 750. The van der Waals surface area contributed by atoms with Crippen LogP contribution in [0.2, 0.25) is 0 Å². The van der Waals surface area contributed by atoms with Gasteiger partial charge in [-0.2, -0.15) is 74.6 Å². The Morgan fingerprint density at radius 2 is 0.700 bits per heavy atom. The van der Waals surface area contributed by atoms with Crippen molar-refractivity contribution in [2.45, 2.75) is 47.8 Å². The van der Waals surface area contributed by atoms with E-state index in [0.29, 0.717) is 0 Å². The summed E-state index contributed by atoms with van der Waals surface area (Å²) in [6.45, 7) is 0. The van der Waals surface area contributed by atoms with E-state index in [9.17, 15) is 87.6 Å². The van der Waals surface area contributed by atoms with Gasteiger partial charge in [0, 0.05) is 0 Å². The Balaban J connectivity index is 6.77. The lowest BCUT2D eigenvalue weighted by atomic mass is 9.91. The molecule has 0 amide bonds. The van der Waals surface area contributed by atoms with E-state index < -0.39 is 58.2 Å². The first-order valence-corrected chi connectivity index (χ1v) is 7.17. The molecule has 182 valence electrons. The third-order valence-electron chi connectivity index (χ3n) is 2.90. The molecule has 0 saturated carbocycles. The van der Waals surface area contributed by atoms with Crippen LogP contribution in [0.15, 0.2) is 0 Å². The number of hydrogen-bond acceptors (Lipinski definition) is 4. The second-order valence-corrected chi connectivity index (χ2v) is 5.94. The Morgan fingerprint density at radius 3 is 0.933 bits per heavy atom. The van der Waals surface area contributed by atoms with E-state index in [-0.39, 0.29) is 0 Å². The summed E-state index contributed by atoms with van der Waals surface area (Å²) in [6.07, 6.45) is -15.6. The molecule has 0 atom stereocenters. The van der Waals surface area contributed by atoms with Gasteiger partial charge in [-0.25, -0.2) is 12.6 Å². The van der Waals surface area contributed by atoms with Gasteiger partial charge in [0.1, 0.15) is 0 Å². The molecule has 0 fully saturated rings. The summed E-state index contributed by atoms with van der Waals surface area (Å²) in [5.74, 6) is -51.9. The maximum Gasteiger partial charge on any atom is 0.460 e. The van der Waals surface area contributed by atoms with Crippen LogP contribution in [0.1, 0.15) is 0 Å². The molecule has 0 aliphatic heterocycles. The highest BCUT2D eigenvalue weighted by Crippen LogP contribution is 2.64. The van der Waals surface area contributed by atoms with Gasteiger partial charge >= 0.3 is 47.8 Å². The van der Waals surface area contributed by atoms with Crippen molar-refractivity contribution in [1.82, 2.24) is 0 Å². The van der Waals surface area contributed by atoms with Crippen molar-refractivity contribution in [2.24, 2.45) is 0 Å². The summed E-state index contributed by atoms with van der Waals surface area (Å²) < 4.78 is 246. The van der Waals surface area contributed by atoms with Gasteiger partial charge in [-0.3, -0.25) is 0 Å². The third kappa shape index (κ3) is 3.84. The Morgan fingerprint density at radius 1 is 0.467 bits per heavy atom. The van der Waals surface area contributed by atoms with Crippen LogP contribution in [-0.2, 0) is 14.6 Å². The standard InChI is InChI=1S/C8HF17O4S/c9-1(10,3(13,14)5(17,18)7(21,22)23)2(11,12)4(15,16)6(19,20)8(24,25)29-30(26,27)28/h(H,26,27,28)/p-1. The second kappa shape index (κ2) is 6.84. The fourth-order valence-electron chi connectivity index (χ4n) is 1.33. The zero-order valence-electron chi connectivity index (χ0n) is 12.5. The van der Waals surface area contributed by atoms with Crippen LogP contribution in [0.3, 0.4) is 0 Å². The van der Waals surface area contributed by atoms with E-state index in [4.69, 9.17) is 0 Å². The van der Waals surface area contributed by atoms with Gasteiger partial charge in [0.2, 0.25) is 10.4 Å². The van der Waals surface area contributed by atoms with Gasteiger partial charge in [-0.05, 0) is 0 Å². The molecule has 0 radical (unpaired) electrons. The van der Waals surface area contributed by atoms with Crippen LogP contribution in [0.25, 0.3) is 0 Å². The highest BCUT2D eigenvalue weighted by Gasteiger charge is 2.95. The first kappa shape index (κ1) is 28.7. The van der Waals surface area contributed by atoms with E-state index in [1.807, 2.05) is 0 Å². The van der Waals surface area contributed by atoms with Crippen molar-refractivity contribution >= 4 is 10.4 Å². The highest BCUT2D eigenvalue weighted by molar-refractivity contribution is 7.80. The molecular weight excluding hydrogens is 515 g/mol. The van der Waals surface area contributed by atoms with Crippen molar-refractivity contribution in [3.8, 4) is 0 Å². The summed E-state index contributed by atoms with van der Waals surface area (Å²) in [6, 6.07) is 0. The van der Waals surface area contributed by atoms with Gasteiger partial charge < -0.3 is 4.55 Å². The van der Waals surface area contributed by atoms with Crippen LogP contribution in [0.4, 0.5) is 74.6 Å². The lowest BCUT2D eigenvalue weighted by Crippen LogP contribution is -2.74. The van der Waals surface area contributed by atoms with E-state index >= 15 is 0 Å². The van der Waals surface area contributed by atoms with Crippen molar-refractivity contribution in [2.75, 3.05) is 0 Å². The zero-order valence-corrected chi connectivity index (χ0v) is 13.3. The van der Waals surface area contributed by atoms with Crippen LogP contribution in [0.5, 0.6) is 0 Å². The average molecular weight is 515 g/mol. The normalized spacial score (nSPS) is 16.7. The van der Waals surface area contributed by atoms with E-state index in [0.717, 1.165) is 0 Å². The number of alkyl halides is 17. The molecule has 0 aliphatic carbocycles. The monoisotopic (exact) mass is 515 g/mol. The number of halogens is 17. The molecule has 0 heterocycles. The quantitative estimate of drug-likeness (QED) is 0.273. The summed E-state index contributed by atoms with van der Waals surface area (Å²) in [5, 5.41) is 0. The minimum absolute atomic E-state index is 1.45. The summed E-state index contributed by atoms with van der Waals surface area (Å²) in [4.78, 5) is 0. The topological polar surface area (TPSA) is 66.4 Å². The van der Waals surface area contributed by atoms with Crippen LogP contribution in [-0.4, -0.2) is 60.8 Å². The Kier molecular flexibility index (Phi) is 6.54. The minimum atomic E-state index is -8.89. The summed E-state index contributed by atoms with van der Waals surface area (Å²) >= 11 is 0. The molecule has 0 unspecified atom stereocenters. The first-order valence-electron chi connectivity index (χ1n) is 5.83. The molecule has 22 heteroatoms. The van der Waals surface area contributed by atoms with Gasteiger partial charge in [-0.1, -0.05) is 0 Å². The molecule has 0 bridgehead atoms. The molecule has 4 nitrogen and oxygen atoms in total. The molecule has 0 N–H and O–H groups in total. The maximum atomic E-state index is 13.1. The molecule has 0 aliphatic rings. The average Bonchev–Trinajstić information content (AvgIpc) is 2.41. The van der Waals surface area contributed by atoms with Crippen LogP contribution >= 0.6 is 0 Å². The second-order valence-electron chi connectivity index (χ2n) is 4.95. The summed E-state index contributed by atoms with van der Waals surface area (Å²) in [5.41, 5.74) is 0. The Labute approximate surface area is 151 Å². The number of hydrogen-bond donors (Lipinski definition) is 0. The van der Waals surface area contributed by atoms with E-state index in [1.165, 1.54) is 4.18 Å². The SMILES string of the molecule is O=S(=O)([O-])OC(F)(F)C(F)(F)C(F)(F)C(F)(F)C(F)(F)C(F)(F)C(F)(F)C(F)(F)F. The number of rotatable bonds is 8. The molecule has 0 aromatic rings. The van der Waals surface area contributed by atoms with Gasteiger partial charge in [0.25, 0.3) is 0 Å². The van der Waals surface area contributed by atoms with Crippen molar-refractivity contribution in [3.05, 3.63) is 0 Å². The van der Waals surface area contributed by atoms with E-state index in [2.05, 4.69) is 0 Å². The molecule has 30 heavy (non-hydrogen) atoms. The van der Waals surface area contributed by atoms with Crippen LogP contribution < -0.4 is 0 Å². The molecule has 0 rings (SSSR count). The lowest BCUT2D eigenvalue weighted by Gasteiger charge is -2.42. The predicted molar refractivity (Wildman–Crippen MR) is 51.5 cm³/mol. The molecule has 0 saturated heterocycles. The smallest absolute Gasteiger partial charge is 0.460 e. The van der Waals surface area contributed by atoms with Crippen molar-refractivity contribution in [1.29, 1.82) is 0 Å². The fourth-order valence-corrected chi connectivity index (χ4v) is 1.69. The van der Waals surface area contributed by atoms with Gasteiger partial charge in [0.05, 0.1) is 0 Å². The van der Waals surface area contributed by atoms with Crippen LogP contribution in [0, 0.1) is 0 Å². The molecule has 0 aromatic heterocycles. The predicted octanol–water partition coefficient (Wildman–Crippen LogP) is 4.43. The zero-order chi connectivity index (χ0) is 25.2. The van der Waals surface area contributed by atoms with Gasteiger partial charge in [-0.15, -0.1) is 0 Å². The Hall–Kier alpha value is -1.32. The summed E-state index contributed by atoms with van der Waals surface area (Å²) in [7, 11) is -7.24. The minimum Gasteiger partial charge on any atom is -0.725 e. The maximum absolute atomic E-state index is 13.1. The van der Waals surface area contributed by atoms with Crippen molar-refractivity contribution < 1.29 is 91.8 Å². The molecule has 0 spiro atoms. The van der Waals surface area contributed by atoms with Crippen molar-refractivity contribution in [3.63, 3.8) is 0 Å². The highest BCUT2D eigenvalue weighted by atomic mass is 32.3. The lowest BCUT2D eigenvalue weighted by molar-refractivity contribution is -0.471. The molecule has 0 aromatic carbocycles.